The van der Waals surface area contributed by atoms with Gasteiger partial charge in [0.1, 0.15) is 5.78 Å². The molecular weight excluding hydrogens is 160 g/mol. The van der Waals surface area contributed by atoms with Crippen molar-refractivity contribution in [2.75, 3.05) is 0 Å². The van der Waals surface area contributed by atoms with Crippen molar-refractivity contribution < 1.29 is 4.79 Å². The third-order valence-electron chi connectivity index (χ3n) is 4.21. The largest absolute Gasteiger partial charge is 0.300 e. The topological polar surface area (TPSA) is 17.1 Å². The molecule has 0 saturated heterocycles. The van der Waals surface area contributed by atoms with Gasteiger partial charge >= 0.3 is 0 Å². The van der Waals surface area contributed by atoms with Crippen molar-refractivity contribution in [3.05, 3.63) is 0 Å². The van der Waals surface area contributed by atoms with Gasteiger partial charge in [0.2, 0.25) is 0 Å². The number of carbonyl (C=O) groups excluding carboxylic acids is 1. The van der Waals surface area contributed by atoms with E-state index in [2.05, 4.69) is 6.92 Å². The van der Waals surface area contributed by atoms with Gasteiger partial charge in [-0.2, -0.15) is 0 Å². The lowest BCUT2D eigenvalue weighted by molar-refractivity contribution is -0.119. The molecule has 0 aromatic rings. The molecule has 3 saturated carbocycles. The smallest absolute Gasteiger partial charge is 0.130 e. The van der Waals surface area contributed by atoms with Crippen molar-refractivity contribution in [1.29, 1.82) is 0 Å². The van der Waals surface area contributed by atoms with Crippen LogP contribution in [0.3, 0.4) is 0 Å². The predicted octanol–water partition coefficient (Wildman–Crippen LogP) is 3.04. The molecular formula is C12H20O. The molecule has 3 rings (SSSR count). The average molecular weight is 180 g/mol. The van der Waals surface area contributed by atoms with Gasteiger partial charge in [0.25, 0.3) is 0 Å². The number of rotatable bonds is 2. The summed E-state index contributed by atoms with van der Waals surface area (Å²) in [6, 6.07) is 0. The fourth-order valence-corrected chi connectivity index (χ4v) is 3.48. The molecule has 1 heteroatoms. The van der Waals surface area contributed by atoms with Crippen molar-refractivity contribution in [2.45, 2.75) is 46.0 Å². The highest BCUT2D eigenvalue weighted by molar-refractivity contribution is 5.75. The van der Waals surface area contributed by atoms with E-state index in [0.29, 0.717) is 5.78 Å². The van der Waals surface area contributed by atoms with Crippen LogP contribution < -0.4 is 0 Å². The van der Waals surface area contributed by atoms with Crippen LogP contribution >= 0.6 is 0 Å². The van der Waals surface area contributed by atoms with Gasteiger partial charge in [-0.3, -0.25) is 0 Å². The molecule has 0 N–H and O–H groups in total. The van der Waals surface area contributed by atoms with Crippen LogP contribution in [0.2, 0.25) is 0 Å². The molecule has 4 unspecified atom stereocenters. The lowest BCUT2D eigenvalue weighted by Gasteiger charge is -2.46. The van der Waals surface area contributed by atoms with E-state index in [1.54, 1.807) is 6.92 Å². The number of hydrogen-bond acceptors (Lipinski definition) is 1. The lowest BCUT2D eigenvalue weighted by atomic mass is 9.59. The Bertz CT molecular complexity index is 209. The molecule has 0 aromatic heterocycles. The maximum Gasteiger partial charge on any atom is 0.130 e. The number of carbonyl (C=O) groups is 1. The molecule has 0 amide bonds. The van der Waals surface area contributed by atoms with Gasteiger partial charge in [-0.25, -0.2) is 0 Å². The first-order valence-corrected chi connectivity index (χ1v) is 5.66. The maximum atomic E-state index is 11.1. The SMILES string of the molecule is CC(=O)CC1CC2CCC1CC2C. The van der Waals surface area contributed by atoms with Gasteiger partial charge in [-0.15, -0.1) is 0 Å². The molecule has 0 heterocycles. The second-order valence-electron chi connectivity index (χ2n) is 5.21. The first-order valence-electron chi connectivity index (χ1n) is 5.66. The average Bonchev–Trinajstić information content (AvgIpc) is 2.05. The minimum absolute atomic E-state index is 0.394. The Morgan fingerprint density at radius 2 is 1.92 bits per heavy atom. The summed E-state index contributed by atoms with van der Waals surface area (Å²) < 4.78 is 0. The van der Waals surface area contributed by atoms with Crippen LogP contribution in [0.15, 0.2) is 0 Å². The molecule has 1 nitrogen and oxygen atoms in total. The minimum atomic E-state index is 0.394. The fourth-order valence-electron chi connectivity index (χ4n) is 3.48. The molecule has 4 atom stereocenters. The van der Waals surface area contributed by atoms with Gasteiger partial charge in [-0.1, -0.05) is 6.92 Å². The van der Waals surface area contributed by atoms with Crippen LogP contribution in [-0.4, -0.2) is 5.78 Å². The van der Waals surface area contributed by atoms with Crippen LogP contribution in [-0.2, 0) is 4.79 Å². The van der Waals surface area contributed by atoms with E-state index in [1.807, 2.05) is 0 Å². The van der Waals surface area contributed by atoms with Gasteiger partial charge < -0.3 is 4.79 Å². The molecule has 13 heavy (non-hydrogen) atoms. The van der Waals surface area contributed by atoms with Crippen LogP contribution in [0.4, 0.5) is 0 Å². The molecule has 0 aliphatic heterocycles. The maximum absolute atomic E-state index is 11.1. The highest BCUT2D eigenvalue weighted by Crippen LogP contribution is 2.49. The third-order valence-corrected chi connectivity index (χ3v) is 4.21. The molecule has 0 radical (unpaired) electrons. The van der Waals surface area contributed by atoms with E-state index in [4.69, 9.17) is 0 Å². The van der Waals surface area contributed by atoms with E-state index in [1.165, 1.54) is 25.7 Å². The monoisotopic (exact) mass is 180 g/mol. The Labute approximate surface area is 80.9 Å². The summed E-state index contributed by atoms with van der Waals surface area (Å²) in [5, 5.41) is 0. The van der Waals surface area contributed by atoms with Crippen LogP contribution in [0.1, 0.15) is 46.0 Å². The summed E-state index contributed by atoms with van der Waals surface area (Å²) in [5.74, 6) is 3.89. The Kier molecular flexibility index (Phi) is 2.44. The number of Topliss-reactive ketones (excluding diaryl/α,β-unsaturated/α-hetero) is 1. The Balaban J connectivity index is 1.98. The summed E-state index contributed by atoms with van der Waals surface area (Å²) in [5.41, 5.74) is 0. The van der Waals surface area contributed by atoms with Crippen molar-refractivity contribution in [2.24, 2.45) is 23.7 Å². The molecule has 3 aliphatic carbocycles. The zero-order valence-electron chi connectivity index (χ0n) is 8.75. The van der Waals surface area contributed by atoms with E-state index < -0.39 is 0 Å². The zero-order valence-corrected chi connectivity index (χ0v) is 8.75. The van der Waals surface area contributed by atoms with Gasteiger partial charge in [0, 0.05) is 6.42 Å². The highest BCUT2D eigenvalue weighted by Gasteiger charge is 2.39. The number of hydrogen-bond donors (Lipinski definition) is 0. The van der Waals surface area contributed by atoms with E-state index >= 15 is 0 Å². The first kappa shape index (κ1) is 9.23. The summed E-state index contributed by atoms with van der Waals surface area (Å²) in [7, 11) is 0. The molecule has 3 fully saturated rings. The Morgan fingerprint density at radius 1 is 1.23 bits per heavy atom. The molecule has 2 bridgehead atoms. The Morgan fingerprint density at radius 3 is 2.38 bits per heavy atom. The highest BCUT2D eigenvalue weighted by atomic mass is 16.1. The summed E-state index contributed by atoms with van der Waals surface area (Å²) in [6.45, 7) is 4.13. The fraction of sp³-hybridized carbons (Fsp3) is 0.917. The third kappa shape index (κ3) is 1.79. The second kappa shape index (κ2) is 3.43. The second-order valence-corrected chi connectivity index (χ2v) is 5.21. The van der Waals surface area contributed by atoms with E-state index in [9.17, 15) is 4.79 Å². The number of ketones is 1. The van der Waals surface area contributed by atoms with E-state index in [0.717, 1.165) is 30.1 Å². The normalized spacial score (nSPS) is 43.5. The molecule has 0 aromatic carbocycles. The van der Waals surface area contributed by atoms with Gasteiger partial charge in [0.15, 0.2) is 0 Å². The van der Waals surface area contributed by atoms with Gasteiger partial charge in [-0.05, 0) is 56.3 Å². The summed E-state index contributed by atoms with van der Waals surface area (Å²) in [6.07, 6.45) is 6.41. The van der Waals surface area contributed by atoms with Crippen molar-refractivity contribution in [3.8, 4) is 0 Å². The van der Waals surface area contributed by atoms with Crippen LogP contribution in [0, 0.1) is 23.7 Å². The quantitative estimate of drug-likeness (QED) is 0.638. The molecule has 0 spiro atoms. The molecule has 74 valence electrons. The minimum Gasteiger partial charge on any atom is -0.300 e. The van der Waals surface area contributed by atoms with Crippen LogP contribution in [0.5, 0.6) is 0 Å². The van der Waals surface area contributed by atoms with Crippen molar-refractivity contribution in [1.82, 2.24) is 0 Å². The predicted molar refractivity (Wildman–Crippen MR) is 53.4 cm³/mol. The van der Waals surface area contributed by atoms with Crippen LogP contribution in [0.25, 0.3) is 0 Å². The molecule has 3 aliphatic rings. The van der Waals surface area contributed by atoms with Gasteiger partial charge in [0.05, 0.1) is 0 Å². The van der Waals surface area contributed by atoms with Crippen molar-refractivity contribution >= 4 is 5.78 Å². The zero-order chi connectivity index (χ0) is 9.42. The lowest BCUT2D eigenvalue weighted by Crippen LogP contribution is -2.37. The van der Waals surface area contributed by atoms with Crippen molar-refractivity contribution in [3.63, 3.8) is 0 Å². The summed E-state index contributed by atoms with van der Waals surface area (Å²) >= 11 is 0. The van der Waals surface area contributed by atoms with E-state index in [-0.39, 0.29) is 0 Å². The first-order chi connectivity index (χ1) is 6.16. The Hall–Kier alpha value is -0.330. The summed E-state index contributed by atoms with van der Waals surface area (Å²) in [4.78, 5) is 11.1. The standard InChI is InChI=1S/C12H20O/c1-8-5-11-4-3-10(8)7-12(11)6-9(2)13/h8,10-12H,3-7H2,1-2H3. The number of fused-ring (bicyclic) bond motifs is 3.